The molecule has 0 saturated heterocycles. The Bertz CT molecular complexity index is 686. The zero-order valence-electron chi connectivity index (χ0n) is 14.1. The molecule has 0 radical (unpaired) electrons. The molecule has 0 aliphatic rings. The van der Waals surface area contributed by atoms with Crippen molar-refractivity contribution in [2.24, 2.45) is 0 Å². The number of rotatable bonds is 7. The number of ether oxygens (including phenoxy) is 2. The summed E-state index contributed by atoms with van der Waals surface area (Å²) in [6.45, 7) is 6.91. The van der Waals surface area contributed by atoms with Gasteiger partial charge >= 0.3 is 0 Å². The molecule has 128 valence electrons. The second-order valence-electron chi connectivity index (χ2n) is 5.27. The van der Waals surface area contributed by atoms with Crippen molar-refractivity contribution < 1.29 is 14.3 Å². The number of hydrogen-bond donors (Lipinski definition) is 1. The van der Waals surface area contributed by atoms with Crippen LogP contribution in [0, 0.1) is 0 Å². The lowest BCUT2D eigenvalue weighted by Gasteiger charge is -2.17. The van der Waals surface area contributed by atoms with Crippen LogP contribution in [0.25, 0.3) is 0 Å². The van der Waals surface area contributed by atoms with Gasteiger partial charge in [-0.1, -0.05) is 17.7 Å². The van der Waals surface area contributed by atoms with Crippen molar-refractivity contribution in [1.82, 2.24) is 5.32 Å². The van der Waals surface area contributed by atoms with E-state index >= 15 is 0 Å². The molecule has 1 amide bonds. The normalized spacial score (nSPS) is 11.7. The van der Waals surface area contributed by atoms with E-state index in [0.29, 0.717) is 35.3 Å². The summed E-state index contributed by atoms with van der Waals surface area (Å²) in [5.74, 6) is 1.25. The highest BCUT2D eigenvalue weighted by Gasteiger charge is 2.14. The minimum atomic E-state index is -0.164. The predicted octanol–water partition coefficient (Wildman–Crippen LogP) is 4.63. The molecule has 0 bridgehead atoms. The van der Waals surface area contributed by atoms with Crippen LogP contribution in [0.15, 0.2) is 42.5 Å². The third-order valence-electron chi connectivity index (χ3n) is 3.52. The molecule has 2 rings (SSSR count). The van der Waals surface area contributed by atoms with Gasteiger partial charge in [0.15, 0.2) is 11.5 Å². The molecule has 2 aromatic carbocycles. The molecule has 0 aromatic heterocycles. The van der Waals surface area contributed by atoms with E-state index in [4.69, 9.17) is 21.1 Å². The van der Waals surface area contributed by atoms with Crippen LogP contribution in [-0.4, -0.2) is 19.1 Å². The first-order valence-corrected chi connectivity index (χ1v) is 8.38. The van der Waals surface area contributed by atoms with Gasteiger partial charge < -0.3 is 14.8 Å². The van der Waals surface area contributed by atoms with Crippen molar-refractivity contribution >= 4 is 17.5 Å². The zero-order chi connectivity index (χ0) is 17.5. The number of hydrogen-bond acceptors (Lipinski definition) is 3. The van der Waals surface area contributed by atoms with E-state index in [0.717, 1.165) is 5.56 Å². The lowest BCUT2D eigenvalue weighted by atomic mass is 10.1. The molecule has 0 aliphatic carbocycles. The standard InChI is InChI=1S/C19H22ClNO3/c1-4-23-17-11-8-15(12-18(17)24-5-2)13(3)21-19(22)14-6-9-16(20)10-7-14/h6-13H,4-5H2,1-3H3,(H,21,22)/t13-/m0/s1. The molecule has 0 fully saturated rings. The van der Waals surface area contributed by atoms with E-state index in [2.05, 4.69) is 5.32 Å². The van der Waals surface area contributed by atoms with Crippen LogP contribution in [0.1, 0.15) is 42.7 Å². The van der Waals surface area contributed by atoms with Crippen LogP contribution in [0.5, 0.6) is 11.5 Å². The average Bonchev–Trinajstić information content (AvgIpc) is 2.57. The van der Waals surface area contributed by atoms with E-state index in [1.807, 2.05) is 39.0 Å². The van der Waals surface area contributed by atoms with Gasteiger partial charge in [0, 0.05) is 10.6 Å². The van der Waals surface area contributed by atoms with Gasteiger partial charge in [0.25, 0.3) is 5.91 Å². The first-order chi connectivity index (χ1) is 11.5. The minimum Gasteiger partial charge on any atom is -0.490 e. The Morgan fingerprint density at radius 3 is 2.29 bits per heavy atom. The average molecular weight is 348 g/mol. The van der Waals surface area contributed by atoms with Gasteiger partial charge in [0.2, 0.25) is 0 Å². The highest BCUT2D eigenvalue weighted by Crippen LogP contribution is 2.30. The highest BCUT2D eigenvalue weighted by molar-refractivity contribution is 6.30. The molecule has 0 unspecified atom stereocenters. The monoisotopic (exact) mass is 347 g/mol. The molecule has 0 saturated carbocycles. The van der Waals surface area contributed by atoms with Crippen LogP contribution in [0.3, 0.4) is 0 Å². The first-order valence-electron chi connectivity index (χ1n) is 8.01. The van der Waals surface area contributed by atoms with Gasteiger partial charge in [-0.05, 0) is 62.7 Å². The fourth-order valence-electron chi connectivity index (χ4n) is 2.30. The molecule has 1 atom stereocenters. The number of halogens is 1. The van der Waals surface area contributed by atoms with Gasteiger partial charge in [-0.3, -0.25) is 4.79 Å². The molecule has 0 aliphatic heterocycles. The van der Waals surface area contributed by atoms with Gasteiger partial charge in [0.05, 0.1) is 19.3 Å². The van der Waals surface area contributed by atoms with Crippen molar-refractivity contribution in [3.8, 4) is 11.5 Å². The van der Waals surface area contributed by atoms with Crippen LogP contribution in [0.2, 0.25) is 5.02 Å². The van der Waals surface area contributed by atoms with Gasteiger partial charge in [-0.25, -0.2) is 0 Å². The third-order valence-corrected chi connectivity index (χ3v) is 3.77. The maximum atomic E-state index is 12.3. The quantitative estimate of drug-likeness (QED) is 0.794. The second kappa shape index (κ2) is 8.60. The summed E-state index contributed by atoms with van der Waals surface area (Å²) in [6.07, 6.45) is 0. The Balaban J connectivity index is 2.13. The Morgan fingerprint density at radius 2 is 1.67 bits per heavy atom. The molecule has 1 N–H and O–H groups in total. The molecule has 5 heteroatoms. The maximum Gasteiger partial charge on any atom is 0.251 e. The minimum absolute atomic E-state index is 0.147. The van der Waals surface area contributed by atoms with E-state index < -0.39 is 0 Å². The third kappa shape index (κ3) is 4.65. The summed E-state index contributed by atoms with van der Waals surface area (Å²) in [4.78, 5) is 12.3. The summed E-state index contributed by atoms with van der Waals surface area (Å²) in [7, 11) is 0. The van der Waals surface area contributed by atoms with Gasteiger partial charge in [-0.2, -0.15) is 0 Å². The Morgan fingerprint density at radius 1 is 1.04 bits per heavy atom. The maximum absolute atomic E-state index is 12.3. The number of carbonyl (C=O) groups excluding carboxylic acids is 1. The van der Waals surface area contributed by atoms with Crippen molar-refractivity contribution in [1.29, 1.82) is 0 Å². The predicted molar refractivity (Wildman–Crippen MR) is 96.1 cm³/mol. The molecule has 0 heterocycles. The summed E-state index contributed by atoms with van der Waals surface area (Å²) < 4.78 is 11.2. The highest BCUT2D eigenvalue weighted by atomic mass is 35.5. The van der Waals surface area contributed by atoms with Crippen LogP contribution in [0.4, 0.5) is 0 Å². The smallest absolute Gasteiger partial charge is 0.251 e. The first kappa shape index (κ1) is 18.1. The summed E-state index contributed by atoms with van der Waals surface area (Å²) >= 11 is 5.85. The van der Waals surface area contributed by atoms with Crippen molar-refractivity contribution in [3.05, 3.63) is 58.6 Å². The van der Waals surface area contributed by atoms with Crippen molar-refractivity contribution in [3.63, 3.8) is 0 Å². The molecule has 24 heavy (non-hydrogen) atoms. The lowest BCUT2D eigenvalue weighted by molar-refractivity contribution is 0.0940. The molecule has 4 nitrogen and oxygen atoms in total. The SMILES string of the molecule is CCOc1ccc([C@H](C)NC(=O)c2ccc(Cl)cc2)cc1OCC. The fourth-order valence-corrected chi connectivity index (χ4v) is 2.43. The second-order valence-corrected chi connectivity index (χ2v) is 5.71. The molecular weight excluding hydrogens is 326 g/mol. The van der Waals surface area contributed by atoms with Crippen molar-refractivity contribution in [2.45, 2.75) is 26.8 Å². The Labute approximate surface area is 147 Å². The van der Waals surface area contributed by atoms with Crippen LogP contribution in [-0.2, 0) is 0 Å². The molecule has 2 aromatic rings. The van der Waals surface area contributed by atoms with Crippen molar-refractivity contribution in [2.75, 3.05) is 13.2 Å². The number of amides is 1. The lowest BCUT2D eigenvalue weighted by Crippen LogP contribution is -2.26. The van der Waals surface area contributed by atoms with Crippen LogP contribution < -0.4 is 14.8 Å². The van der Waals surface area contributed by atoms with E-state index in [9.17, 15) is 4.79 Å². The topological polar surface area (TPSA) is 47.6 Å². The van der Waals surface area contributed by atoms with E-state index in [1.165, 1.54) is 0 Å². The number of carbonyl (C=O) groups is 1. The van der Waals surface area contributed by atoms with Gasteiger partial charge in [-0.15, -0.1) is 0 Å². The molecular formula is C19H22ClNO3. The summed E-state index contributed by atoms with van der Waals surface area (Å²) in [5, 5.41) is 3.58. The number of benzene rings is 2. The molecule has 0 spiro atoms. The van der Waals surface area contributed by atoms with Gasteiger partial charge in [0.1, 0.15) is 0 Å². The Kier molecular flexibility index (Phi) is 6.50. The number of nitrogens with one attached hydrogen (secondary N) is 1. The summed E-state index contributed by atoms with van der Waals surface area (Å²) in [6, 6.07) is 12.3. The van der Waals surface area contributed by atoms with Crippen LogP contribution >= 0.6 is 11.6 Å². The Hall–Kier alpha value is -2.20. The summed E-state index contributed by atoms with van der Waals surface area (Å²) in [5.41, 5.74) is 1.52. The largest absolute Gasteiger partial charge is 0.490 e. The van der Waals surface area contributed by atoms with E-state index in [-0.39, 0.29) is 11.9 Å². The zero-order valence-corrected chi connectivity index (χ0v) is 14.9. The fraction of sp³-hybridized carbons (Fsp3) is 0.316. The van der Waals surface area contributed by atoms with E-state index in [1.54, 1.807) is 24.3 Å².